The molecule has 0 saturated heterocycles. The molecule has 11 heteroatoms. The van der Waals surface area contributed by atoms with Crippen molar-refractivity contribution in [3.8, 4) is 5.75 Å². The minimum absolute atomic E-state index is 0.0496. The number of anilines is 1. The highest BCUT2D eigenvalue weighted by molar-refractivity contribution is 5.48. The smallest absolute Gasteiger partial charge is 0.406 e. The van der Waals surface area contributed by atoms with Crippen molar-refractivity contribution in [2.24, 2.45) is 0 Å². The Morgan fingerprint density at radius 1 is 1.14 bits per heavy atom. The summed E-state index contributed by atoms with van der Waals surface area (Å²) in [4.78, 5) is 8.43. The van der Waals surface area contributed by atoms with E-state index in [0.29, 0.717) is 29.2 Å². The van der Waals surface area contributed by atoms with Gasteiger partial charge in [0.15, 0.2) is 0 Å². The molecule has 1 aromatic carbocycles. The van der Waals surface area contributed by atoms with Crippen LogP contribution < -0.4 is 10.1 Å². The third-order valence-electron chi connectivity index (χ3n) is 4.06. The molecule has 0 fully saturated rings. The molecule has 0 aliphatic carbocycles. The maximum Gasteiger partial charge on any atom is 0.573 e. The van der Waals surface area contributed by atoms with Crippen LogP contribution in [0.2, 0.25) is 0 Å². The van der Waals surface area contributed by atoms with Gasteiger partial charge in [0.05, 0.1) is 11.6 Å². The van der Waals surface area contributed by atoms with Crippen LogP contribution in [-0.4, -0.2) is 36.7 Å². The van der Waals surface area contributed by atoms with Crippen LogP contribution in [0.3, 0.4) is 0 Å². The number of benzene rings is 1. The number of hydrogen-bond acceptors (Lipinski definition) is 6. The van der Waals surface area contributed by atoms with E-state index < -0.39 is 29.6 Å². The Morgan fingerprint density at radius 3 is 2.41 bits per heavy atom. The summed E-state index contributed by atoms with van der Waals surface area (Å²) in [5.74, 6) is -0.500. The zero-order valence-corrected chi connectivity index (χ0v) is 16.0. The summed E-state index contributed by atoms with van der Waals surface area (Å²) in [6.07, 6.45) is -4.94. The van der Waals surface area contributed by atoms with Crippen LogP contribution in [0.1, 0.15) is 37.0 Å². The first-order chi connectivity index (χ1) is 13.3. The average molecular weight is 413 g/mol. The standard InChI is InChI=1S/C18H19F4N5O2/c1-9-7-14(27-16(23-9)24-10(2)26-27)25-15(17(3,4)28)12-6-5-11(8-13(12)19)29-18(20,21)22/h5-8,15,25,28H,1-4H3/t15-/m0/s1. The van der Waals surface area contributed by atoms with Crippen molar-refractivity contribution in [1.29, 1.82) is 0 Å². The van der Waals surface area contributed by atoms with Crippen molar-refractivity contribution in [1.82, 2.24) is 19.6 Å². The molecule has 156 valence electrons. The van der Waals surface area contributed by atoms with Gasteiger partial charge in [-0.3, -0.25) is 0 Å². The van der Waals surface area contributed by atoms with E-state index >= 15 is 0 Å². The van der Waals surface area contributed by atoms with Crippen molar-refractivity contribution in [3.05, 3.63) is 47.2 Å². The second-order valence-electron chi connectivity index (χ2n) is 7.12. The Labute approximate surface area is 163 Å². The Morgan fingerprint density at radius 2 is 1.83 bits per heavy atom. The number of aromatic nitrogens is 4. The molecule has 0 bridgehead atoms. The van der Waals surface area contributed by atoms with Crippen molar-refractivity contribution in [3.63, 3.8) is 0 Å². The minimum Gasteiger partial charge on any atom is -0.406 e. The van der Waals surface area contributed by atoms with Gasteiger partial charge in [-0.15, -0.1) is 18.3 Å². The van der Waals surface area contributed by atoms with Gasteiger partial charge in [-0.2, -0.15) is 9.50 Å². The third kappa shape index (κ3) is 4.73. The Bertz CT molecular complexity index is 1040. The number of aliphatic hydroxyl groups is 1. The normalized spacial score (nSPS) is 13.6. The highest BCUT2D eigenvalue weighted by Gasteiger charge is 2.34. The number of halogens is 4. The van der Waals surface area contributed by atoms with Gasteiger partial charge in [0.2, 0.25) is 0 Å². The maximum absolute atomic E-state index is 14.7. The molecule has 2 N–H and O–H groups in total. The zero-order chi connectivity index (χ0) is 21.6. The highest BCUT2D eigenvalue weighted by atomic mass is 19.4. The van der Waals surface area contributed by atoms with E-state index in [2.05, 4.69) is 25.1 Å². The minimum atomic E-state index is -4.94. The number of alkyl halides is 3. The van der Waals surface area contributed by atoms with Crippen molar-refractivity contribution < 1.29 is 27.4 Å². The lowest BCUT2D eigenvalue weighted by atomic mass is 9.91. The number of fused-ring (bicyclic) bond motifs is 1. The first kappa shape index (κ1) is 20.8. The van der Waals surface area contributed by atoms with Crippen LogP contribution in [0.25, 0.3) is 5.78 Å². The SMILES string of the molecule is Cc1cc(N[C@@H](c2ccc(OC(F)(F)F)cc2F)C(C)(C)O)n2nc(C)nc2n1. The molecule has 29 heavy (non-hydrogen) atoms. The summed E-state index contributed by atoms with van der Waals surface area (Å²) in [6, 6.07) is 3.34. The van der Waals surface area contributed by atoms with E-state index in [1.54, 1.807) is 19.9 Å². The predicted octanol–water partition coefficient (Wildman–Crippen LogP) is 3.70. The summed E-state index contributed by atoms with van der Waals surface area (Å²) in [6.45, 7) is 6.31. The van der Waals surface area contributed by atoms with Crippen LogP contribution in [-0.2, 0) is 0 Å². The highest BCUT2D eigenvalue weighted by Crippen LogP contribution is 2.34. The lowest BCUT2D eigenvalue weighted by molar-refractivity contribution is -0.274. The van der Waals surface area contributed by atoms with Gasteiger partial charge in [-0.1, -0.05) is 6.07 Å². The molecule has 2 heterocycles. The molecule has 1 atom stereocenters. The predicted molar refractivity (Wildman–Crippen MR) is 96.0 cm³/mol. The average Bonchev–Trinajstić information content (AvgIpc) is 2.90. The fraction of sp³-hybridized carbons (Fsp3) is 0.389. The topological polar surface area (TPSA) is 84.6 Å². The number of aryl methyl sites for hydroxylation is 2. The maximum atomic E-state index is 14.7. The first-order valence-electron chi connectivity index (χ1n) is 8.58. The van der Waals surface area contributed by atoms with Crippen LogP contribution in [0, 0.1) is 19.7 Å². The lowest BCUT2D eigenvalue weighted by Crippen LogP contribution is -2.35. The molecule has 0 radical (unpaired) electrons. The Hall–Kier alpha value is -2.95. The largest absolute Gasteiger partial charge is 0.573 e. The van der Waals surface area contributed by atoms with Crippen LogP contribution in [0.4, 0.5) is 23.4 Å². The number of nitrogens with zero attached hydrogens (tertiary/aromatic N) is 4. The number of nitrogens with one attached hydrogen (secondary N) is 1. The summed E-state index contributed by atoms with van der Waals surface area (Å²) in [5, 5.41) is 17.8. The van der Waals surface area contributed by atoms with E-state index in [9.17, 15) is 22.7 Å². The molecule has 3 aromatic rings. The van der Waals surface area contributed by atoms with Gasteiger partial charge in [0.25, 0.3) is 5.78 Å². The Balaban J connectivity index is 2.03. The van der Waals surface area contributed by atoms with E-state index in [0.717, 1.165) is 12.1 Å². The Kier molecular flexibility index (Phi) is 5.11. The first-order valence-corrected chi connectivity index (χ1v) is 8.58. The second-order valence-corrected chi connectivity index (χ2v) is 7.12. The molecule has 0 aliphatic heterocycles. The summed E-state index contributed by atoms with van der Waals surface area (Å²) >= 11 is 0. The molecule has 0 amide bonds. The number of ether oxygens (including phenoxy) is 1. The zero-order valence-electron chi connectivity index (χ0n) is 16.0. The summed E-state index contributed by atoms with van der Waals surface area (Å²) in [7, 11) is 0. The van der Waals surface area contributed by atoms with Gasteiger partial charge in [0.1, 0.15) is 23.2 Å². The quantitative estimate of drug-likeness (QED) is 0.621. The van der Waals surface area contributed by atoms with Gasteiger partial charge in [-0.25, -0.2) is 9.37 Å². The van der Waals surface area contributed by atoms with E-state index in [-0.39, 0.29) is 5.56 Å². The molecule has 0 aliphatic rings. The molecule has 0 spiro atoms. The molecule has 7 nitrogen and oxygen atoms in total. The number of hydrogen-bond donors (Lipinski definition) is 2. The fourth-order valence-corrected chi connectivity index (χ4v) is 2.91. The molecule has 2 aromatic heterocycles. The van der Waals surface area contributed by atoms with Crippen molar-refractivity contribution in [2.75, 3.05) is 5.32 Å². The second kappa shape index (κ2) is 7.14. The van der Waals surface area contributed by atoms with Crippen LogP contribution in [0.15, 0.2) is 24.3 Å². The summed E-state index contributed by atoms with van der Waals surface area (Å²) in [5.41, 5.74) is -0.936. The lowest BCUT2D eigenvalue weighted by Gasteiger charge is -2.31. The molecule has 3 rings (SSSR count). The van der Waals surface area contributed by atoms with Gasteiger partial charge >= 0.3 is 6.36 Å². The van der Waals surface area contributed by atoms with E-state index in [1.165, 1.54) is 18.4 Å². The van der Waals surface area contributed by atoms with Crippen molar-refractivity contribution in [2.45, 2.75) is 45.7 Å². The molecule has 0 unspecified atom stereocenters. The third-order valence-corrected chi connectivity index (χ3v) is 4.06. The summed E-state index contributed by atoms with van der Waals surface area (Å²) < 4.78 is 56.9. The molecular weight excluding hydrogens is 394 g/mol. The molecule has 0 saturated carbocycles. The van der Waals surface area contributed by atoms with Crippen LogP contribution in [0.5, 0.6) is 5.75 Å². The van der Waals surface area contributed by atoms with Gasteiger partial charge in [0, 0.05) is 23.4 Å². The van der Waals surface area contributed by atoms with E-state index in [4.69, 9.17) is 0 Å². The van der Waals surface area contributed by atoms with E-state index in [1.807, 2.05) is 0 Å². The van der Waals surface area contributed by atoms with Gasteiger partial charge < -0.3 is 15.2 Å². The fourth-order valence-electron chi connectivity index (χ4n) is 2.91. The van der Waals surface area contributed by atoms with Crippen molar-refractivity contribution >= 4 is 11.6 Å². The monoisotopic (exact) mass is 413 g/mol. The van der Waals surface area contributed by atoms with Crippen LogP contribution >= 0.6 is 0 Å². The molecular formula is C18H19F4N5O2. The van der Waals surface area contributed by atoms with Gasteiger partial charge in [-0.05, 0) is 33.8 Å². The number of rotatable bonds is 5.